The van der Waals surface area contributed by atoms with E-state index in [4.69, 9.17) is 16.6 Å². The molecule has 0 radical (unpaired) electrons. The predicted octanol–water partition coefficient (Wildman–Crippen LogP) is 7.16. The SMILES string of the molecule is Clc1ccccc1C1CC2=C(C=C=C(N3CCN(CCC4=CCC=CC=C4)CC3)N=C2)c2ccccc21. The van der Waals surface area contributed by atoms with E-state index >= 15 is 0 Å². The molecule has 0 N–H and O–H groups in total. The first-order chi connectivity index (χ1) is 18.3. The number of rotatable bonds is 5. The second kappa shape index (κ2) is 10.9. The summed E-state index contributed by atoms with van der Waals surface area (Å²) in [5, 5.41) is 0.826. The highest BCUT2D eigenvalue weighted by molar-refractivity contribution is 6.31. The summed E-state index contributed by atoms with van der Waals surface area (Å²) < 4.78 is 0. The molecule has 3 nitrogen and oxygen atoms in total. The molecular formula is C33H32ClN3. The Morgan fingerprint density at radius 3 is 2.62 bits per heavy atom. The van der Waals surface area contributed by atoms with Crippen molar-refractivity contribution >= 4 is 23.4 Å². The van der Waals surface area contributed by atoms with Crippen molar-refractivity contribution in [3.05, 3.63) is 129 Å². The topological polar surface area (TPSA) is 18.8 Å². The van der Waals surface area contributed by atoms with E-state index < -0.39 is 0 Å². The Labute approximate surface area is 225 Å². The molecule has 1 fully saturated rings. The standard InChI is InChI=1S/C33H32ClN3/c34-32-14-8-7-13-30(32)31-23-26-24-35-33(16-15-27(26)28-11-5-6-12-29(28)31)37-21-19-36(20-22-37)18-17-25-9-3-1-2-4-10-25/h1-3,5-15,24,31H,4,17-23H2. The van der Waals surface area contributed by atoms with Crippen LogP contribution in [0.25, 0.3) is 5.57 Å². The van der Waals surface area contributed by atoms with Gasteiger partial charge < -0.3 is 4.90 Å². The van der Waals surface area contributed by atoms with E-state index in [9.17, 15) is 0 Å². The van der Waals surface area contributed by atoms with Crippen molar-refractivity contribution in [2.24, 2.45) is 4.99 Å². The Morgan fingerprint density at radius 1 is 0.946 bits per heavy atom. The molecule has 2 aromatic rings. The molecule has 4 heteroatoms. The third kappa shape index (κ3) is 5.22. The van der Waals surface area contributed by atoms with E-state index in [-0.39, 0.29) is 5.92 Å². The van der Waals surface area contributed by atoms with Crippen molar-refractivity contribution in [1.82, 2.24) is 9.80 Å². The number of piperazine rings is 1. The van der Waals surface area contributed by atoms with E-state index in [1.807, 2.05) is 12.1 Å². The van der Waals surface area contributed by atoms with Crippen LogP contribution in [0.4, 0.5) is 0 Å². The Balaban J connectivity index is 1.16. The molecule has 1 unspecified atom stereocenters. The van der Waals surface area contributed by atoms with Crippen LogP contribution in [0, 0.1) is 0 Å². The monoisotopic (exact) mass is 505 g/mol. The number of hydrogen-bond acceptors (Lipinski definition) is 3. The van der Waals surface area contributed by atoms with Gasteiger partial charge in [-0.1, -0.05) is 95.7 Å². The minimum atomic E-state index is 0.225. The highest BCUT2D eigenvalue weighted by Gasteiger charge is 2.28. The normalized spacial score (nSPS) is 21.2. The van der Waals surface area contributed by atoms with Gasteiger partial charge in [-0.2, -0.15) is 0 Å². The lowest BCUT2D eigenvalue weighted by Crippen LogP contribution is -2.45. The molecule has 37 heavy (non-hydrogen) atoms. The molecule has 4 aliphatic rings. The van der Waals surface area contributed by atoms with Crippen LogP contribution in [0.1, 0.15) is 41.9 Å². The average molecular weight is 506 g/mol. The van der Waals surface area contributed by atoms with Crippen LogP contribution in [-0.2, 0) is 0 Å². The van der Waals surface area contributed by atoms with Gasteiger partial charge in [-0.3, -0.25) is 4.90 Å². The lowest BCUT2D eigenvalue weighted by Gasteiger charge is -2.35. The molecule has 0 spiro atoms. The van der Waals surface area contributed by atoms with Crippen molar-refractivity contribution < 1.29 is 0 Å². The van der Waals surface area contributed by atoms with Gasteiger partial charge in [-0.25, -0.2) is 4.99 Å². The van der Waals surface area contributed by atoms with Gasteiger partial charge in [0.15, 0.2) is 5.82 Å². The van der Waals surface area contributed by atoms with E-state index in [2.05, 4.69) is 94.6 Å². The Kier molecular flexibility index (Phi) is 7.10. The molecule has 2 aliphatic heterocycles. The average Bonchev–Trinajstić information content (AvgIpc) is 3.33. The molecule has 0 amide bonds. The van der Waals surface area contributed by atoms with Gasteiger partial charge in [0.2, 0.25) is 0 Å². The van der Waals surface area contributed by atoms with E-state index in [1.165, 1.54) is 33.4 Å². The maximum atomic E-state index is 6.65. The van der Waals surface area contributed by atoms with Gasteiger partial charge in [0.05, 0.1) is 0 Å². The first-order valence-electron chi connectivity index (χ1n) is 13.3. The first-order valence-corrected chi connectivity index (χ1v) is 13.7. The van der Waals surface area contributed by atoms with Crippen molar-refractivity contribution in [2.45, 2.75) is 25.2 Å². The van der Waals surface area contributed by atoms with Crippen molar-refractivity contribution in [2.75, 3.05) is 32.7 Å². The summed E-state index contributed by atoms with van der Waals surface area (Å²) >= 11 is 6.65. The smallest absolute Gasteiger partial charge is 0.173 e. The van der Waals surface area contributed by atoms with Gasteiger partial charge in [0, 0.05) is 49.9 Å². The summed E-state index contributed by atoms with van der Waals surface area (Å²) in [6.45, 7) is 5.18. The van der Waals surface area contributed by atoms with Crippen LogP contribution in [0.2, 0.25) is 5.02 Å². The molecular weight excluding hydrogens is 474 g/mol. The zero-order valence-electron chi connectivity index (χ0n) is 21.1. The molecule has 1 atom stereocenters. The van der Waals surface area contributed by atoms with E-state index in [0.717, 1.165) is 62.8 Å². The fourth-order valence-corrected chi connectivity index (χ4v) is 6.02. The number of fused-ring (bicyclic) bond motifs is 2. The van der Waals surface area contributed by atoms with Gasteiger partial charge in [-0.05, 0) is 59.2 Å². The predicted molar refractivity (Wildman–Crippen MR) is 155 cm³/mol. The van der Waals surface area contributed by atoms with Crippen molar-refractivity contribution in [3.63, 3.8) is 0 Å². The zero-order valence-corrected chi connectivity index (χ0v) is 21.9. The molecule has 0 aromatic heterocycles. The lowest BCUT2D eigenvalue weighted by molar-refractivity contribution is 0.160. The number of allylic oxidation sites excluding steroid dienone is 8. The highest BCUT2D eigenvalue weighted by Crippen LogP contribution is 2.44. The molecule has 6 rings (SSSR count). The van der Waals surface area contributed by atoms with E-state index in [0.29, 0.717) is 0 Å². The maximum absolute atomic E-state index is 6.65. The summed E-state index contributed by atoms with van der Waals surface area (Å²) in [6.07, 6.45) is 18.4. The van der Waals surface area contributed by atoms with Gasteiger partial charge in [0.25, 0.3) is 0 Å². The van der Waals surface area contributed by atoms with Gasteiger partial charge in [-0.15, -0.1) is 0 Å². The van der Waals surface area contributed by atoms with Crippen molar-refractivity contribution in [3.8, 4) is 0 Å². The number of aliphatic imine (C=N–C) groups is 1. The Morgan fingerprint density at radius 2 is 1.76 bits per heavy atom. The van der Waals surface area contributed by atoms with Crippen LogP contribution in [-0.4, -0.2) is 48.7 Å². The number of benzene rings is 2. The summed E-state index contributed by atoms with van der Waals surface area (Å²) in [4.78, 5) is 9.90. The lowest BCUT2D eigenvalue weighted by atomic mass is 9.76. The summed E-state index contributed by atoms with van der Waals surface area (Å²) in [5.74, 6) is 1.17. The van der Waals surface area contributed by atoms with Crippen molar-refractivity contribution in [1.29, 1.82) is 0 Å². The number of nitrogens with zero attached hydrogens (tertiary/aromatic N) is 3. The number of hydrogen-bond donors (Lipinski definition) is 0. The molecule has 2 aliphatic carbocycles. The zero-order chi connectivity index (χ0) is 25.0. The Bertz CT molecular complexity index is 1390. The molecule has 186 valence electrons. The summed E-state index contributed by atoms with van der Waals surface area (Å²) in [6, 6.07) is 16.9. The van der Waals surface area contributed by atoms with Gasteiger partial charge >= 0.3 is 0 Å². The largest absolute Gasteiger partial charge is 0.347 e. The third-order valence-corrected chi connectivity index (χ3v) is 8.17. The molecule has 2 aromatic carbocycles. The fraction of sp³-hybridized carbons (Fsp3) is 0.273. The van der Waals surface area contributed by atoms with Crippen LogP contribution in [0.5, 0.6) is 0 Å². The minimum Gasteiger partial charge on any atom is -0.347 e. The third-order valence-electron chi connectivity index (χ3n) is 7.83. The molecule has 2 heterocycles. The first kappa shape index (κ1) is 24.0. The quantitative estimate of drug-likeness (QED) is 0.401. The van der Waals surface area contributed by atoms with Crippen LogP contribution >= 0.6 is 11.6 Å². The highest BCUT2D eigenvalue weighted by atomic mass is 35.5. The molecule has 0 bridgehead atoms. The van der Waals surface area contributed by atoms with Crippen LogP contribution in [0.3, 0.4) is 0 Å². The Hall–Kier alpha value is -3.36. The number of halogens is 1. The second-order valence-electron chi connectivity index (χ2n) is 10.1. The van der Waals surface area contributed by atoms with Crippen LogP contribution in [0.15, 0.2) is 113 Å². The second-order valence-corrected chi connectivity index (χ2v) is 10.5. The van der Waals surface area contributed by atoms with Crippen LogP contribution < -0.4 is 0 Å². The molecule has 0 saturated carbocycles. The van der Waals surface area contributed by atoms with Gasteiger partial charge in [0.1, 0.15) is 0 Å². The summed E-state index contributed by atoms with van der Waals surface area (Å²) in [5.41, 5.74) is 11.3. The molecule has 1 saturated heterocycles. The minimum absolute atomic E-state index is 0.225. The van der Waals surface area contributed by atoms with E-state index in [1.54, 1.807) is 0 Å². The maximum Gasteiger partial charge on any atom is 0.173 e. The fourth-order valence-electron chi connectivity index (χ4n) is 5.75. The summed E-state index contributed by atoms with van der Waals surface area (Å²) in [7, 11) is 0.